The van der Waals surface area contributed by atoms with E-state index >= 15 is 0 Å². The van der Waals surface area contributed by atoms with Crippen LogP contribution in [-0.2, 0) is 4.79 Å². The Hall–Kier alpha value is -2.86. The number of benzene rings is 2. The summed E-state index contributed by atoms with van der Waals surface area (Å²) in [6.07, 6.45) is 0.460. The smallest absolute Gasteiger partial charge is 0.341 e. The molecular weight excluding hydrogens is 342 g/mol. The van der Waals surface area contributed by atoms with Crippen molar-refractivity contribution in [3.8, 4) is 0 Å². The van der Waals surface area contributed by atoms with Gasteiger partial charge in [0.25, 0.3) is 0 Å². The van der Waals surface area contributed by atoms with E-state index in [1.165, 1.54) is 7.05 Å². The highest BCUT2D eigenvalue weighted by molar-refractivity contribution is 5.87. The number of urea groups is 1. The fourth-order valence-electron chi connectivity index (χ4n) is 2.84. The summed E-state index contributed by atoms with van der Waals surface area (Å²) in [7, 11) is 1.22. The maximum Gasteiger partial charge on any atom is 0.341 e. The zero-order valence-corrected chi connectivity index (χ0v) is 15.9. The first-order chi connectivity index (χ1) is 12.9. The van der Waals surface area contributed by atoms with Crippen molar-refractivity contribution in [2.75, 3.05) is 7.05 Å². The Bertz CT molecular complexity index is 693. The van der Waals surface area contributed by atoms with Crippen LogP contribution in [0.25, 0.3) is 0 Å². The van der Waals surface area contributed by atoms with E-state index in [1.807, 2.05) is 74.5 Å². The van der Waals surface area contributed by atoms with Gasteiger partial charge in [-0.25, -0.2) is 9.86 Å². The van der Waals surface area contributed by atoms with Gasteiger partial charge in [-0.2, -0.15) is 0 Å². The van der Waals surface area contributed by atoms with E-state index in [-0.39, 0.29) is 17.9 Å². The van der Waals surface area contributed by atoms with E-state index in [1.54, 1.807) is 0 Å². The van der Waals surface area contributed by atoms with Gasteiger partial charge in [0.05, 0.1) is 6.04 Å². The predicted octanol–water partition coefficient (Wildman–Crippen LogP) is 3.34. The standard InChI is InChI=1S/C21H27N3O3/c1-15(2)14-18(22-21(26)24(3)27)20(25)23-19(16-10-6-4-7-11-16)17-12-8-5-9-13-17/h4-13,15,18-19,27H,14H2,1-3H3,(H,22,26)(H,23,25)/t18-/m0/s1. The molecule has 0 aliphatic rings. The van der Waals surface area contributed by atoms with Gasteiger partial charge in [-0.3, -0.25) is 10.0 Å². The largest absolute Gasteiger partial charge is 0.343 e. The van der Waals surface area contributed by atoms with Gasteiger partial charge >= 0.3 is 6.03 Å². The lowest BCUT2D eigenvalue weighted by Crippen LogP contribution is -2.51. The van der Waals surface area contributed by atoms with E-state index in [2.05, 4.69) is 10.6 Å². The third-order valence-electron chi connectivity index (χ3n) is 4.17. The van der Waals surface area contributed by atoms with E-state index in [4.69, 9.17) is 0 Å². The molecule has 2 aromatic carbocycles. The first-order valence-corrected chi connectivity index (χ1v) is 9.02. The van der Waals surface area contributed by atoms with E-state index in [9.17, 15) is 14.8 Å². The molecule has 0 aliphatic heterocycles. The highest BCUT2D eigenvalue weighted by atomic mass is 16.5. The van der Waals surface area contributed by atoms with Crippen LogP contribution in [0.1, 0.15) is 37.4 Å². The minimum absolute atomic E-state index is 0.192. The summed E-state index contributed by atoms with van der Waals surface area (Å²) in [4.78, 5) is 24.8. The summed E-state index contributed by atoms with van der Waals surface area (Å²) in [5.41, 5.74) is 1.90. The van der Waals surface area contributed by atoms with Gasteiger partial charge in [-0.05, 0) is 23.5 Å². The Kier molecular flexibility index (Phi) is 7.37. The Balaban J connectivity index is 2.25. The van der Waals surface area contributed by atoms with Crippen LogP contribution in [-0.4, -0.2) is 35.3 Å². The monoisotopic (exact) mass is 369 g/mol. The first-order valence-electron chi connectivity index (χ1n) is 9.02. The van der Waals surface area contributed by atoms with Crippen molar-refractivity contribution in [2.24, 2.45) is 5.92 Å². The van der Waals surface area contributed by atoms with Crippen molar-refractivity contribution in [2.45, 2.75) is 32.4 Å². The van der Waals surface area contributed by atoms with Crippen molar-refractivity contribution in [1.82, 2.24) is 15.7 Å². The second-order valence-corrected chi connectivity index (χ2v) is 6.92. The summed E-state index contributed by atoms with van der Waals surface area (Å²) < 4.78 is 0. The molecule has 144 valence electrons. The minimum Gasteiger partial charge on any atom is -0.343 e. The zero-order valence-electron chi connectivity index (χ0n) is 15.9. The molecule has 0 saturated carbocycles. The van der Waals surface area contributed by atoms with Crippen LogP contribution in [0.4, 0.5) is 4.79 Å². The van der Waals surface area contributed by atoms with Crippen molar-refractivity contribution >= 4 is 11.9 Å². The number of carbonyl (C=O) groups is 2. The highest BCUT2D eigenvalue weighted by Gasteiger charge is 2.26. The Morgan fingerprint density at radius 3 is 1.81 bits per heavy atom. The van der Waals surface area contributed by atoms with Crippen LogP contribution in [0.2, 0.25) is 0 Å². The molecule has 0 heterocycles. The summed E-state index contributed by atoms with van der Waals surface area (Å²) in [6.45, 7) is 3.95. The number of carbonyl (C=O) groups excluding carboxylic acids is 2. The molecule has 0 fully saturated rings. The molecule has 0 spiro atoms. The number of rotatable bonds is 7. The number of hydrogen-bond donors (Lipinski definition) is 3. The molecule has 0 bridgehead atoms. The topological polar surface area (TPSA) is 81.7 Å². The molecule has 0 unspecified atom stereocenters. The van der Waals surface area contributed by atoms with Crippen LogP contribution in [0.3, 0.4) is 0 Å². The predicted molar refractivity (Wildman–Crippen MR) is 104 cm³/mol. The van der Waals surface area contributed by atoms with Gasteiger partial charge < -0.3 is 10.6 Å². The van der Waals surface area contributed by atoms with Crippen LogP contribution in [0, 0.1) is 5.92 Å². The summed E-state index contributed by atoms with van der Waals surface area (Å²) in [5, 5.41) is 15.4. The van der Waals surface area contributed by atoms with Crippen molar-refractivity contribution in [3.63, 3.8) is 0 Å². The lowest BCUT2D eigenvalue weighted by atomic mass is 9.97. The molecule has 0 aromatic heterocycles. The molecule has 0 aliphatic carbocycles. The zero-order chi connectivity index (χ0) is 19.8. The normalized spacial score (nSPS) is 11.9. The maximum atomic E-state index is 13.0. The third-order valence-corrected chi connectivity index (χ3v) is 4.17. The molecule has 0 saturated heterocycles. The van der Waals surface area contributed by atoms with Gasteiger partial charge in [0.15, 0.2) is 0 Å². The van der Waals surface area contributed by atoms with Crippen LogP contribution in [0.5, 0.6) is 0 Å². The van der Waals surface area contributed by atoms with Gasteiger partial charge in [0.2, 0.25) is 5.91 Å². The third kappa shape index (κ3) is 6.11. The Morgan fingerprint density at radius 1 is 0.926 bits per heavy atom. The van der Waals surface area contributed by atoms with Crippen LogP contribution in [0.15, 0.2) is 60.7 Å². The molecular formula is C21H27N3O3. The summed E-state index contributed by atoms with van der Waals surface area (Å²) in [5.74, 6) is -0.103. The lowest BCUT2D eigenvalue weighted by molar-refractivity contribution is -0.124. The Labute approximate surface area is 160 Å². The molecule has 0 radical (unpaired) electrons. The number of nitrogens with one attached hydrogen (secondary N) is 2. The summed E-state index contributed by atoms with van der Waals surface area (Å²) >= 11 is 0. The molecule has 2 aromatic rings. The van der Waals surface area contributed by atoms with E-state index in [0.717, 1.165) is 11.1 Å². The number of nitrogens with zero attached hydrogens (tertiary/aromatic N) is 1. The average Bonchev–Trinajstić information content (AvgIpc) is 2.66. The van der Waals surface area contributed by atoms with Crippen molar-refractivity contribution in [1.29, 1.82) is 0 Å². The van der Waals surface area contributed by atoms with Gasteiger partial charge in [0, 0.05) is 7.05 Å². The second-order valence-electron chi connectivity index (χ2n) is 6.92. The lowest BCUT2D eigenvalue weighted by Gasteiger charge is -2.26. The molecule has 1 atom stereocenters. The van der Waals surface area contributed by atoms with Crippen molar-refractivity contribution < 1.29 is 14.8 Å². The molecule has 2 rings (SSSR count). The fraction of sp³-hybridized carbons (Fsp3) is 0.333. The first kappa shape index (κ1) is 20.5. The molecule has 3 N–H and O–H groups in total. The van der Waals surface area contributed by atoms with Gasteiger partial charge in [0.1, 0.15) is 6.04 Å². The van der Waals surface area contributed by atoms with Gasteiger partial charge in [-0.1, -0.05) is 74.5 Å². The fourth-order valence-corrected chi connectivity index (χ4v) is 2.84. The maximum absolute atomic E-state index is 13.0. The van der Waals surface area contributed by atoms with E-state index in [0.29, 0.717) is 11.5 Å². The quantitative estimate of drug-likeness (QED) is 0.517. The molecule has 3 amide bonds. The minimum atomic E-state index is -0.748. The number of hydroxylamine groups is 2. The van der Waals surface area contributed by atoms with Crippen LogP contribution >= 0.6 is 0 Å². The number of hydrogen-bond acceptors (Lipinski definition) is 3. The number of amides is 3. The SMILES string of the molecule is CC(C)C[C@H](NC(=O)N(C)O)C(=O)NC(c1ccccc1)c1ccccc1. The molecule has 27 heavy (non-hydrogen) atoms. The van der Waals surface area contributed by atoms with Gasteiger partial charge in [-0.15, -0.1) is 0 Å². The molecule has 6 nitrogen and oxygen atoms in total. The summed E-state index contributed by atoms with van der Waals surface area (Å²) in [6, 6.07) is 17.6. The van der Waals surface area contributed by atoms with E-state index < -0.39 is 12.1 Å². The van der Waals surface area contributed by atoms with Crippen molar-refractivity contribution in [3.05, 3.63) is 71.8 Å². The second kappa shape index (κ2) is 9.73. The Morgan fingerprint density at radius 2 is 1.41 bits per heavy atom. The highest BCUT2D eigenvalue weighted by Crippen LogP contribution is 2.22. The average molecular weight is 369 g/mol. The molecule has 6 heteroatoms. The van der Waals surface area contributed by atoms with Crippen LogP contribution < -0.4 is 10.6 Å².